The maximum atomic E-state index is 10.9. The van der Waals surface area contributed by atoms with Crippen molar-refractivity contribution in [3.8, 4) is 0 Å². The van der Waals surface area contributed by atoms with Crippen molar-refractivity contribution in [2.75, 3.05) is 0 Å². The number of fused-ring (bicyclic) bond motifs is 1. The number of hydrogen-bond donors (Lipinski definition) is 1. The van der Waals surface area contributed by atoms with Gasteiger partial charge in [-0.2, -0.15) is 0 Å². The third-order valence-corrected chi connectivity index (χ3v) is 2.56. The van der Waals surface area contributed by atoms with E-state index >= 15 is 0 Å². The van der Waals surface area contributed by atoms with E-state index in [0.717, 1.165) is 10.1 Å². The Morgan fingerprint density at radius 2 is 2.20 bits per heavy atom. The SMILES string of the molecule is Cc1cn(C(=O)O)c2nc(Cl)cc(Cl)c12. The van der Waals surface area contributed by atoms with Gasteiger partial charge in [-0.1, -0.05) is 23.2 Å². The molecule has 0 unspecified atom stereocenters. The van der Waals surface area contributed by atoms with Gasteiger partial charge in [-0.25, -0.2) is 14.3 Å². The lowest BCUT2D eigenvalue weighted by atomic mass is 10.2. The van der Waals surface area contributed by atoms with Crippen LogP contribution in [0.25, 0.3) is 11.0 Å². The van der Waals surface area contributed by atoms with E-state index in [1.165, 1.54) is 12.3 Å². The van der Waals surface area contributed by atoms with Gasteiger partial charge >= 0.3 is 6.09 Å². The summed E-state index contributed by atoms with van der Waals surface area (Å²) in [6.45, 7) is 1.77. The van der Waals surface area contributed by atoms with Gasteiger partial charge in [0.1, 0.15) is 5.15 Å². The van der Waals surface area contributed by atoms with Crippen molar-refractivity contribution in [2.45, 2.75) is 6.92 Å². The van der Waals surface area contributed by atoms with Gasteiger partial charge in [0.2, 0.25) is 0 Å². The number of nitrogens with zero attached hydrogens (tertiary/aromatic N) is 2. The lowest BCUT2D eigenvalue weighted by Crippen LogP contribution is -2.06. The number of carbonyl (C=O) groups is 1. The molecular formula is C9H6Cl2N2O2. The summed E-state index contributed by atoms with van der Waals surface area (Å²) in [5, 5.41) is 10.1. The van der Waals surface area contributed by atoms with Crippen LogP contribution in [0.15, 0.2) is 12.3 Å². The van der Waals surface area contributed by atoms with Crippen LogP contribution < -0.4 is 0 Å². The summed E-state index contributed by atoms with van der Waals surface area (Å²) >= 11 is 11.7. The Morgan fingerprint density at radius 1 is 1.53 bits per heavy atom. The summed E-state index contributed by atoms with van der Waals surface area (Å²) in [5.74, 6) is 0. The molecule has 4 nitrogen and oxygen atoms in total. The smallest absolute Gasteiger partial charge is 0.417 e. The molecule has 15 heavy (non-hydrogen) atoms. The molecule has 0 radical (unpaired) electrons. The molecule has 0 saturated heterocycles. The van der Waals surface area contributed by atoms with Crippen LogP contribution in [0.2, 0.25) is 10.2 Å². The summed E-state index contributed by atoms with van der Waals surface area (Å²) in [6, 6.07) is 1.49. The summed E-state index contributed by atoms with van der Waals surface area (Å²) in [5.41, 5.74) is 1.01. The highest BCUT2D eigenvalue weighted by molar-refractivity contribution is 6.38. The average molecular weight is 245 g/mol. The summed E-state index contributed by atoms with van der Waals surface area (Å²) < 4.78 is 1.00. The summed E-state index contributed by atoms with van der Waals surface area (Å²) in [6.07, 6.45) is 0.348. The normalized spacial score (nSPS) is 10.9. The Balaban J connectivity index is 2.93. The van der Waals surface area contributed by atoms with Crippen LogP contribution in [0.5, 0.6) is 0 Å². The predicted octanol–water partition coefficient (Wildman–Crippen LogP) is 3.18. The molecule has 2 rings (SSSR count). The molecule has 2 heterocycles. The van der Waals surface area contributed by atoms with Crippen molar-refractivity contribution in [2.24, 2.45) is 0 Å². The maximum Gasteiger partial charge on any atom is 0.417 e. The Hall–Kier alpha value is -1.26. The lowest BCUT2D eigenvalue weighted by Gasteiger charge is -1.99. The van der Waals surface area contributed by atoms with Crippen LogP contribution in [0.4, 0.5) is 4.79 Å². The fourth-order valence-corrected chi connectivity index (χ4v) is 2.06. The average Bonchev–Trinajstić information content (AvgIpc) is 2.42. The number of carboxylic acid groups (broad SMARTS) is 1. The molecule has 2 aromatic rings. The van der Waals surface area contributed by atoms with E-state index in [1.807, 2.05) is 0 Å². The van der Waals surface area contributed by atoms with Crippen LogP contribution in [0.3, 0.4) is 0 Å². The zero-order valence-corrected chi connectivity index (χ0v) is 9.17. The minimum atomic E-state index is -1.11. The largest absolute Gasteiger partial charge is 0.464 e. The first kappa shape index (κ1) is 10.3. The molecule has 6 heteroatoms. The van der Waals surface area contributed by atoms with E-state index in [0.29, 0.717) is 10.4 Å². The van der Waals surface area contributed by atoms with Crippen LogP contribution in [-0.4, -0.2) is 20.8 Å². The highest BCUT2D eigenvalue weighted by atomic mass is 35.5. The van der Waals surface area contributed by atoms with Crippen LogP contribution in [-0.2, 0) is 0 Å². The quantitative estimate of drug-likeness (QED) is 0.725. The summed E-state index contributed by atoms with van der Waals surface area (Å²) in [7, 11) is 0. The van der Waals surface area contributed by atoms with E-state index in [2.05, 4.69) is 4.98 Å². The molecule has 1 N–H and O–H groups in total. The molecule has 2 aromatic heterocycles. The van der Waals surface area contributed by atoms with Gasteiger partial charge in [-0.15, -0.1) is 0 Å². The van der Waals surface area contributed by atoms with Crippen molar-refractivity contribution in [1.82, 2.24) is 9.55 Å². The molecule has 0 aliphatic carbocycles. The van der Waals surface area contributed by atoms with Gasteiger partial charge in [-0.3, -0.25) is 0 Å². The van der Waals surface area contributed by atoms with E-state index in [4.69, 9.17) is 28.3 Å². The lowest BCUT2D eigenvalue weighted by molar-refractivity contribution is 0.197. The second kappa shape index (κ2) is 3.40. The van der Waals surface area contributed by atoms with E-state index < -0.39 is 6.09 Å². The molecule has 0 spiro atoms. The van der Waals surface area contributed by atoms with E-state index in [-0.39, 0.29) is 10.8 Å². The number of pyridine rings is 1. The first-order chi connectivity index (χ1) is 7.00. The third kappa shape index (κ3) is 1.56. The number of aryl methyl sites for hydroxylation is 1. The minimum Gasteiger partial charge on any atom is -0.464 e. The minimum absolute atomic E-state index is 0.174. The van der Waals surface area contributed by atoms with Crippen LogP contribution in [0.1, 0.15) is 5.56 Å². The Morgan fingerprint density at radius 3 is 2.80 bits per heavy atom. The fraction of sp³-hybridized carbons (Fsp3) is 0.111. The van der Waals surface area contributed by atoms with Gasteiger partial charge in [0.25, 0.3) is 0 Å². The standard InChI is InChI=1S/C9H6Cl2N2O2/c1-4-3-13(9(14)15)8-7(4)5(10)2-6(11)12-8/h2-3H,1H3,(H,14,15). The van der Waals surface area contributed by atoms with E-state index in [1.54, 1.807) is 6.92 Å². The van der Waals surface area contributed by atoms with Gasteiger partial charge in [0.15, 0.2) is 5.65 Å². The highest BCUT2D eigenvalue weighted by Gasteiger charge is 2.15. The predicted molar refractivity (Wildman–Crippen MR) is 57.9 cm³/mol. The highest BCUT2D eigenvalue weighted by Crippen LogP contribution is 2.29. The zero-order chi connectivity index (χ0) is 11.2. The molecular weight excluding hydrogens is 239 g/mol. The number of rotatable bonds is 0. The number of aromatic nitrogens is 2. The first-order valence-corrected chi connectivity index (χ1v) is 4.83. The van der Waals surface area contributed by atoms with Gasteiger partial charge < -0.3 is 5.11 Å². The summed E-state index contributed by atoms with van der Waals surface area (Å²) in [4.78, 5) is 14.8. The van der Waals surface area contributed by atoms with Gasteiger partial charge in [0, 0.05) is 11.6 Å². The third-order valence-electron chi connectivity index (χ3n) is 2.07. The molecule has 0 aliphatic rings. The van der Waals surface area contributed by atoms with Gasteiger partial charge in [0.05, 0.1) is 5.02 Å². The van der Waals surface area contributed by atoms with Crippen molar-refractivity contribution in [3.63, 3.8) is 0 Å². The number of hydrogen-bond acceptors (Lipinski definition) is 2. The van der Waals surface area contributed by atoms with Crippen molar-refractivity contribution < 1.29 is 9.90 Å². The Kier molecular flexibility index (Phi) is 2.32. The van der Waals surface area contributed by atoms with Crippen molar-refractivity contribution in [1.29, 1.82) is 0 Å². The molecule has 0 aliphatic heterocycles. The van der Waals surface area contributed by atoms with Gasteiger partial charge in [-0.05, 0) is 18.6 Å². The van der Waals surface area contributed by atoms with Crippen molar-refractivity contribution >= 4 is 40.3 Å². The van der Waals surface area contributed by atoms with Crippen LogP contribution in [0, 0.1) is 6.92 Å². The topological polar surface area (TPSA) is 55.1 Å². The second-order valence-electron chi connectivity index (χ2n) is 3.09. The number of halogens is 2. The Bertz CT molecular complexity index is 563. The monoisotopic (exact) mass is 244 g/mol. The van der Waals surface area contributed by atoms with E-state index in [9.17, 15) is 4.79 Å². The van der Waals surface area contributed by atoms with Crippen LogP contribution >= 0.6 is 23.2 Å². The molecule has 0 fully saturated rings. The molecule has 78 valence electrons. The first-order valence-electron chi connectivity index (χ1n) is 4.07. The maximum absolute atomic E-state index is 10.9. The molecule has 0 saturated carbocycles. The second-order valence-corrected chi connectivity index (χ2v) is 3.88. The van der Waals surface area contributed by atoms with Crippen molar-refractivity contribution in [3.05, 3.63) is 28.0 Å². The molecule has 0 aromatic carbocycles. The molecule has 0 bridgehead atoms. The Labute approximate surface area is 95.0 Å². The fourth-order valence-electron chi connectivity index (χ4n) is 1.48. The molecule has 0 amide bonds. The molecule has 0 atom stereocenters. The zero-order valence-electron chi connectivity index (χ0n) is 7.66.